The standard InChI is InChI=1S/C19H26N4O2/c1-21-14-20-18-12-15(5-6-17(18)19(21)24)23-9-7-22(8-10-23)13-16-4-2-3-11-25-16/h5-6,12,14,16H,2-4,7-11,13H2,1H3. The van der Waals surface area contributed by atoms with Gasteiger partial charge in [0.05, 0.1) is 23.3 Å². The molecule has 1 aromatic heterocycles. The molecule has 6 heteroatoms. The highest BCUT2D eigenvalue weighted by Gasteiger charge is 2.22. The first-order valence-corrected chi connectivity index (χ1v) is 9.25. The minimum atomic E-state index is 0.00820. The predicted octanol–water partition coefficient (Wildman–Crippen LogP) is 1.62. The molecule has 6 nitrogen and oxygen atoms in total. The maximum Gasteiger partial charge on any atom is 0.260 e. The molecular formula is C19H26N4O2. The minimum absolute atomic E-state index is 0.00820. The van der Waals surface area contributed by atoms with Gasteiger partial charge in [0.15, 0.2) is 0 Å². The smallest absolute Gasteiger partial charge is 0.260 e. The molecule has 1 unspecified atom stereocenters. The van der Waals surface area contributed by atoms with Gasteiger partial charge in [-0.15, -0.1) is 0 Å². The van der Waals surface area contributed by atoms with Crippen molar-refractivity contribution in [3.05, 3.63) is 34.9 Å². The lowest BCUT2D eigenvalue weighted by atomic mass is 10.1. The van der Waals surface area contributed by atoms with Crippen molar-refractivity contribution in [2.24, 2.45) is 7.05 Å². The summed E-state index contributed by atoms with van der Waals surface area (Å²) in [6, 6.07) is 5.99. The number of hydrogen-bond acceptors (Lipinski definition) is 5. The number of aryl methyl sites for hydroxylation is 1. The Morgan fingerprint density at radius 1 is 1.20 bits per heavy atom. The van der Waals surface area contributed by atoms with Crippen molar-refractivity contribution >= 4 is 16.6 Å². The van der Waals surface area contributed by atoms with E-state index in [9.17, 15) is 4.79 Å². The van der Waals surface area contributed by atoms with Crippen LogP contribution in [0.4, 0.5) is 5.69 Å². The van der Waals surface area contributed by atoms with Gasteiger partial charge in [0.1, 0.15) is 0 Å². The lowest BCUT2D eigenvalue weighted by Crippen LogP contribution is -2.49. The van der Waals surface area contributed by atoms with Gasteiger partial charge < -0.3 is 14.2 Å². The van der Waals surface area contributed by atoms with E-state index in [1.807, 2.05) is 18.2 Å². The summed E-state index contributed by atoms with van der Waals surface area (Å²) in [6.45, 7) is 6.10. The van der Waals surface area contributed by atoms with Crippen LogP contribution in [-0.4, -0.2) is 59.9 Å². The average Bonchev–Trinajstić information content (AvgIpc) is 2.66. The predicted molar refractivity (Wildman–Crippen MR) is 99.2 cm³/mol. The van der Waals surface area contributed by atoms with E-state index in [2.05, 4.69) is 14.8 Å². The summed E-state index contributed by atoms with van der Waals surface area (Å²) >= 11 is 0. The SMILES string of the molecule is Cn1cnc2cc(N3CCN(CC4CCCCO4)CC3)ccc2c1=O. The Morgan fingerprint density at radius 3 is 2.80 bits per heavy atom. The number of hydrogen-bond donors (Lipinski definition) is 0. The number of ether oxygens (including phenoxy) is 1. The summed E-state index contributed by atoms with van der Waals surface area (Å²) in [6.07, 6.45) is 5.72. The highest BCUT2D eigenvalue weighted by atomic mass is 16.5. The van der Waals surface area contributed by atoms with Crippen molar-refractivity contribution in [2.75, 3.05) is 44.2 Å². The summed E-state index contributed by atoms with van der Waals surface area (Å²) in [5, 5.41) is 0.682. The number of anilines is 1. The third-order valence-electron chi connectivity index (χ3n) is 5.38. The van der Waals surface area contributed by atoms with Crippen molar-refractivity contribution in [1.29, 1.82) is 0 Å². The van der Waals surface area contributed by atoms with E-state index >= 15 is 0 Å². The zero-order chi connectivity index (χ0) is 17.2. The zero-order valence-electron chi connectivity index (χ0n) is 14.9. The monoisotopic (exact) mass is 342 g/mol. The van der Waals surface area contributed by atoms with Gasteiger partial charge in [-0.05, 0) is 37.5 Å². The van der Waals surface area contributed by atoms with Crippen LogP contribution in [0.3, 0.4) is 0 Å². The van der Waals surface area contributed by atoms with Gasteiger partial charge in [-0.25, -0.2) is 4.98 Å². The lowest BCUT2D eigenvalue weighted by molar-refractivity contribution is -0.00644. The molecule has 4 rings (SSSR count). The van der Waals surface area contributed by atoms with Gasteiger partial charge in [0.2, 0.25) is 0 Å². The molecule has 2 aromatic rings. The number of rotatable bonds is 3. The largest absolute Gasteiger partial charge is 0.377 e. The highest BCUT2D eigenvalue weighted by molar-refractivity contribution is 5.81. The van der Waals surface area contributed by atoms with Crippen LogP contribution in [0, 0.1) is 0 Å². The van der Waals surface area contributed by atoms with E-state index in [0.29, 0.717) is 11.5 Å². The molecule has 0 bridgehead atoms. The fraction of sp³-hybridized carbons (Fsp3) is 0.579. The van der Waals surface area contributed by atoms with Crippen LogP contribution < -0.4 is 10.5 Å². The van der Waals surface area contributed by atoms with Crippen molar-refractivity contribution < 1.29 is 4.74 Å². The third kappa shape index (κ3) is 3.55. The molecule has 0 amide bonds. The van der Waals surface area contributed by atoms with E-state index < -0.39 is 0 Å². The molecule has 2 aliphatic heterocycles. The maximum absolute atomic E-state index is 12.1. The first-order chi connectivity index (χ1) is 12.2. The van der Waals surface area contributed by atoms with Crippen LogP contribution in [-0.2, 0) is 11.8 Å². The van der Waals surface area contributed by atoms with Crippen molar-refractivity contribution in [3.8, 4) is 0 Å². The zero-order valence-corrected chi connectivity index (χ0v) is 14.9. The quantitative estimate of drug-likeness (QED) is 0.848. The van der Waals surface area contributed by atoms with E-state index in [1.54, 1.807) is 13.4 Å². The first-order valence-electron chi connectivity index (χ1n) is 9.25. The molecule has 2 aliphatic rings. The van der Waals surface area contributed by atoms with E-state index in [0.717, 1.165) is 50.5 Å². The Kier molecular flexibility index (Phi) is 4.72. The van der Waals surface area contributed by atoms with Crippen LogP contribution in [0.2, 0.25) is 0 Å². The number of fused-ring (bicyclic) bond motifs is 1. The van der Waals surface area contributed by atoms with Crippen LogP contribution in [0.15, 0.2) is 29.3 Å². The molecule has 0 spiro atoms. The van der Waals surface area contributed by atoms with Crippen molar-refractivity contribution in [1.82, 2.24) is 14.5 Å². The second-order valence-corrected chi connectivity index (χ2v) is 7.14. The molecule has 0 aliphatic carbocycles. The van der Waals surface area contributed by atoms with Gasteiger partial charge in [0.25, 0.3) is 5.56 Å². The van der Waals surface area contributed by atoms with Gasteiger partial charge in [0, 0.05) is 52.1 Å². The van der Waals surface area contributed by atoms with Gasteiger partial charge in [-0.1, -0.05) is 0 Å². The molecule has 1 aromatic carbocycles. The summed E-state index contributed by atoms with van der Waals surface area (Å²) in [5.74, 6) is 0. The molecule has 25 heavy (non-hydrogen) atoms. The highest BCUT2D eigenvalue weighted by Crippen LogP contribution is 2.21. The number of piperazine rings is 1. The molecule has 1 atom stereocenters. The maximum atomic E-state index is 12.1. The van der Waals surface area contributed by atoms with E-state index in [4.69, 9.17) is 4.74 Å². The minimum Gasteiger partial charge on any atom is -0.377 e. The summed E-state index contributed by atoms with van der Waals surface area (Å²) in [4.78, 5) is 21.4. The Hall–Kier alpha value is -1.92. The normalized spacial score (nSPS) is 22.4. The van der Waals surface area contributed by atoms with E-state index in [-0.39, 0.29) is 5.56 Å². The van der Waals surface area contributed by atoms with Gasteiger partial charge in [-0.3, -0.25) is 9.69 Å². The number of nitrogens with zero attached hydrogens (tertiary/aromatic N) is 4. The topological polar surface area (TPSA) is 50.6 Å². The van der Waals surface area contributed by atoms with Gasteiger partial charge >= 0.3 is 0 Å². The number of benzene rings is 1. The summed E-state index contributed by atoms with van der Waals surface area (Å²) < 4.78 is 7.39. The lowest BCUT2D eigenvalue weighted by Gasteiger charge is -2.38. The Labute approximate surface area is 148 Å². The second kappa shape index (κ2) is 7.14. The molecule has 0 N–H and O–H groups in total. The van der Waals surface area contributed by atoms with E-state index in [1.165, 1.54) is 23.8 Å². The molecule has 2 saturated heterocycles. The Bertz CT molecular complexity index is 790. The van der Waals surface area contributed by atoms with Crippen molar-refractivity contribution in [3.63, 3.8) is 0 Å². The molecule has 0 radical (unpaired) electrons. The molecule has 3 heterocycles. The third-order valence-corrected chi connectivity index (χ3v) is 5.38. The molecule has 0 saturated carbocycles. The fourth-order valence-corrected chi connectivity index (χ4v) is 3.82. The average molecular weight is 342 g/mol. The molecular weight excluding hydrogens is 316 g/mol. The van der Waals surface area contributed by atoms with Crippen LogP contribution in [0.5, 0.6) is 0 Å². The van der Waals surface area contributed by atoms with Crippen molar-refractivity contribution in [2.45, 2.75) is 25.4 Å². The summed E-state index contributed by atoms with van der Waals surface area (Å²) in [7, 11) is 1.73. The Balaban J connectivity index is 1.41. The fourth-order valence-electron chi connectivity index (χ4n) is 3.82. The van der Waals surface area contributed by atoms with Crippen LogP contribution in [0.25, 0.3) is 10.9 Å². The first kappa shape index (κ1) is 16.5. The number of aromatic nitrogens is 2. The Morgan fingerprint density at radius 2 is 2.04 bits per heavy atom. The van der Waals surface area contributed by atoms with Crippen LogP contribution >= 0.6 is 0 Å². The molecule has 2 fully saturated rings. The van der Waals surface area contributed by atoms with Gasteiger partial charge in [-0.2, -0.15) is 0 Å². The second-order valence-electron chi connectivity index (χ2n) is 7.14. The van der Waals surface area contributed by atoms with Crippen LogP contribution in [0.1, 0.15) is 19.3 Å². The molecule has 134 valence electrons. The summed E-state index contributed by atoms with van der Waals surface area (Å²) in [5.41, 5.74) is 1.94.